The number of piperidine rings is 1. The second kappa shape index (κ2) is 8.79. The molecule has 178 valence electrons. The molecule has 1 atom stereocenters. The molecule has 1 unspecified atom stereocenters. The van der Waals surface area contributed by atoms with Crippen molar-refractivity contribution in [3.63, 3.8) is 0 Å². The van der Waals surface area contributed by atoms with E-state index in [0.29, 0.717) is 30.9 Å². The minimum atomic E-state index is -0.720. The lowest BCUT2D eigenvalue weighted by Gasteiger charge is -2.36. The number of amides is 3. The molecule has 3 aliphatic heterocycles. The van der Waals surface area contributed by atoms with Gasteiger partial charge in [0.15, 0.2) is 0 Å². The third kappa shape index (κ3) is 4.16. The number of carbonyl (C=O) groups is 3. The monoisotopic (exact) mass is 468 g/mol. The summed E-state index contributed by atoms with van der Waals surface area (Å²) in [7, 11) is 0. The van der Waals surface area contributed by atoms with Crippen LogP contribution >= 0.6 is 0 Å². The van der Waals surface area contributed by atoms with Crippen molar-refractivity contribution in [2.45, 2.75) is 38.9 Å². The Labute approximate surface area is 196 Å². The van der Waals surface area contributed by atoms with Crippen molar-refractivity contribution in [1.82, 2.24) is 15.1 Å². The van der Waals surface area contributed by atoms with Gasteiger partial charge >= 0.3 is 0 Å². The van der Waals surface area contributed by atoms with Gasteiger partial charge in [0.25, 0.3) is 5.91 Å². The molecule has 0 aromatic heterocycles. The molecule has 34 heavy (non-hydrogen) atoms. The molecule has 0 spiro atoms. The summed E-state index contributed by atoms with van der Waals surface area (Å²) >= 11 is 0. The van der Waals surface area contributed by atoms with Crippen LogP contribution in [0.3, 0.4) is 0 Å². The molecular formula is C25H26F2N4O3. The SMILES string of the molecule is Cc1cc(F)ccc1CN1CCN(c2cc3c(cc2F)C(=O)N(C2CCC(=O)NC2=O)C3)CC1. The first kappa shape index (κ1) is 22.5. The number of hydrogen-bond acceptors (Lipinski definition) is 5. The van der Waals surface area contributed by atoms with E-state index >= 15 is 4.39 Å². The first-order valence-corrected chi connectivity index (χ1v) is 11.5. The van der Waals surface area contributed by atoms with Crippen molar-refractivity contribution < 1.29 is 23.2 Å². The van der Waals surface area contributed by atoms with Crippen molar-refractivity contribution in [3.8, 4) is 0 Å². The van der Waals surface area contributed by atoms with Crippen LogP contribution < -0.4 is 10.2 Å². The van der Waals surface area contributed by atoms with Crippen LogP contribution in [0.2, 0.25) is 0 Å². The third-order valence-electron chi connectivity index (χ3n) is 7.00. The van der Waals surface area contributed by atoms with Gasteiger partial charge in [-0.3, -0.25) is 24.6 Å². The molecule has 3 aliphatic rings. The summed E-state index contributed by atoms with van der Waals surface area (Å²) in [6, 6.07) is 7.08. The Bertz CT molecular complexity index is 1180. The number of nitrogens with zero attached hydrogens (tertiary/aromatic N) is 3. The molecule has 0 bridgehead atoms. The number of benzene rings is 2. The number of aryl methyl sites for hydroxylation is 1. The van der Waals surface area contributed by atoms with E-state index in [9.17, 15) is 18.8 Å². The molecule has 2 saturated heterocycles. The number of anilines is 1. The van der Waals surface area contributed by atoms with Gasteiger partial charge in [-0.25, -0.2) is 8.78 Å². The van der Waals surface area contributed by atoms with E-state index in [4.69, 9.17) is 0 Å². The van der Waals surface area contributed by atoms with Crippen LogP contribution in [0.5, 0.6) is 0 Å². The van der Waals surface area contributed by atoms with Crippen molar-refractivity contribution in [1.29, 1.82) is 0 Å². The fraction of sp³-hybridized carbons (Fsp3) is 0.400. The Morgan fingerprint density at radius 3 is 2.50 bits per heavy atom. The highest BCUT2D eigenvalue weighted by molar-refractivity contribution is 6.05. The molecule has 7 nitrogen and oxygen atoms in total. The highest BCUT2D eigenvalue weighted by Crippen LogP contribution is 2.33. The third-order valence-corrected chi connectivity index (χ3v) is 7.00. The number of carbonyl (C=O) groups excluding carboxylic acids is 3. The van der Waals surface area contributed by atoms with Crippen molar-refractivity contribution in [2.75, 3.05) is 31.1 Å². The Kier molecular flexibility index (Phi) is 5.81. The number of rotatable bonds is 4. The Balaban J connectivity index is 1.27. The first-order valence-electron chi connectivity index (χ1n) is 11.5. The lowest BCUT2D eigenvalue weighted by Crippen LogP contribution is -2.52. The molecule has 0 saturated carbocycles. The lowest BCUT2D eigenvalue weighted by atomic mass is 10.0. The number of piperazine rings is 1. The van der Waals surface area contributed by atoms with Gasteiger partial charge in [0.2, 0.25) is 11.8 Å². The van der Waals surface area contributed by atoms with Crippen LogP contribution in [-0.4, -0.2) is 59.7 Å². The molecule has 0 radical (unpaired) electrons. The summed E-state index contributed by atoms with van der Waals surface area (Å²) in [6.07, 6.45) is 0.451. The van der Waals surface area contributed by atoms with Gasteiger partial charge < -0.3 is 9.80 Å². The second-order valence-electron chi connectivity index (χ2n) is 9.19. The van der Waals surface area contributed by atoms with E-state index in [2.05, 4.69) is 10.2 Å². The standard InChI is InChI=1S/C25H26F2N4O3/c1-15-10-18(26)3-2-16(15)13-29-6-8-30(9-7-29)22-11-17-14-31(25(34)19(17)12-20(22)27)21-4-5-23(32)28-24(21)33/h2-3,10-12,21H,4-9,13-14H2,1H3,(H,28,32,33). The molecule has 9 heteroatoms. The van der Waals surface area contributed by atoms with Crippen molar-refractivity contribution in [2.24, 2.45) is 0 Å². The smallest absolute Gasteiger partial charge is 0.255 e. The second-order valence-corrected chi connectivity index (χ2v) is 9.19. The molecule has 1 N–H and O–H groups in total. The Morgan fingerprint density at radius 1 is 1.03 bits per heavy atom. The van der Waals surface area contributed by atoms with E-state index in [1.54, 1.807) is 6.07 Å². The molecule has 2 aromatic carbocycles. The van der Waals surface area contributed by atoms with Gasteiger partial charge in [-0.1, -0.05) is 6.07 Å². The van der Waals surface area contributed by atoms with Gasteiger partial charge in [-0.2, -0.15) is 0 Å². The van der Waals surface area contributed by atoms with Gasteiger partial charge in [0.05, 0.1) is 5.69 Å². The van der Waals surface area contributed by atoms with Gasteiger partial charge in [0.1, 0.15) is 17.7 Å². The number of imide groups is 1. The summed E-state index contributed by atoms with van der Waals surface area (Å²) in [4.78, 5) is 42.2. The van der Waals surface area contributed by atoms with Gasteiger partial charge in [-0.15, -0.1) is 0 Å². The summed E-state index contributed by atoms with van der Waals surface area (Å²) in [6.45, 7) is 5.54. The molecule has 5 rings (SSSR count). The van der Waals surface area contributed by atoms with E-state index in [1.807, 2.05) is 17.9 Å². The van der Waals surface area contributed by atoms with E-state index in [-0.39, 0.29) is 42.6 Å². The average Bonchev–Trinajstić information content (AvgIpc) is 3.11. The summed E-state index contributed by atoms with van der Waals surface area (Å²) in [5.41, 5.74) is 3.41. The van der Waals surface area contributed by atoms with Crippen LogP contribution in [0.15, 0.2) is 30.3 Å². The Morgan fingerprint density at radius 2 is 1.79 bits per heavy atom. The molecule has 3 heterocycles. The van der Waals surface area contributed by atoms with Crippen LogP contribution in [-0.2, 0) is 22.7 Å². The van der Waals surface area contributed by atoms with E-state index in [0.717, 1.165) is 24.2 Å². The van der Waals surface area contributed by atoms with Crippen LogP contribution in [0.25, 0.3) is 0 Å². The van der Waals surface area contributed by atoms with Crippen molar-refractivity contribution >= 4 is 23.4 Å². The number of fused-ring (bicyclic) bond motifs is 1. The molecule has 3 amide bonds. The van der Waals surface area contributed by atoms with Crippen LogP contribution in [0.1, 0.15) is 39.9 Å². The van der Waals surface area contributed by atoms with Gasteiger partial charge in [-0.05, 0) is 54.3 Å². The predicted octanol–water partition coefficient (Wildman–Crippen LogP) is 2.36. The zero-order chi connectivity index (χ0) is 24.0. The molecular weight excluding hydrogens is 442 g/mol. The first-order chi connectivity index (χ1) is 16.3. The molecule has 0 aliphatic carbocycles. The maximum atomic E-state index is 15.0. The largest absolute Gasteiger partial charge is 0.367 e. The zero-order valence-corrected chi connectivity index (χ0v) is 18.9. The predicted molar refractivity (Wildman–Crippen MR) is 121 cm³/mol. The summed E-state index contributed by atoms with van der Waals surface area (Å²) < 4.78 is 28.4. The highest BCUT2D eigenvalue weighted by atomic mass is 19.1. The Hall–Kier alpha value is -3.33. The maximum Gasteiger partial charge on any atom is 0.255 e. The average molecular weight is 469 g/mol. The minimum absolute atomic E-state index is 0.178. The molecule has 2 fully saturated rings. The van der Waals surface area contributed by atoms with E-state index in [1.165, 1.54) is 23.1 Å². The van der Waals surface area contributed by atoms with Gasteiger partial charge in [0, 0.05) is 51.3 Å². The van der Waals surface area contributed by atoms with E-state index < -0.39 is 17.8 Å². The van der Waals surface area contributed by atoms with Crippen LogP contribution in [0.4, 0.5) is 14.5 Å². The quantitative estimate of drug-likeness (QED) is 0.698. The minimum Gasteiger partial charge on any atom is -0.367 e. The fourth-order valence-electron chi connectivity index (χ4n) is 5.04. The van der Waals surface area contributed by atoms with Crippen LogP contribution in [0, 0.1) is 18.6 Å². The van der Waals surface area contributed by atoms with Crippen molar-refractivity contribution in [3.05, 3.63) is 64.2 Å². The highest BCUT2D eigenvalue weighted by Gasteiger charge is 2.40. The number of nitrogens with one attached hydrogen (secondary N) is 1. The number of hydrogen-bond donors (Lipinski definition) is 1. The lowest BCUT2D eigenvalue weighted by molar-refractivity contribution is -0.136. The molecule has 2 aromatic rings. The summed E-state index contributed by atoms with van der Waals surface area (Å²) in [5, 5.41) is 2.28. The summed E-state index contributed by atoms with van der Waals surface area (Å²) in [5.74, 6) is -1.90. The topological polar surface area (TPSA) is 73.0 Å². The fourth-order valence-corrected chi connectivity index (χ4v) is 5.04. The number of halogens is 2. The zero-order valence-electron chi connectivity index (χ0n) is 18.9. The maximum absolute atomic E-state index is 15.0. The normalized spacial score (nSPS) is 21.1.